The van der Waals surface area contributed by atoms with Gasteiger partial charge in [-0.25, -0.2) is 4.79 Å². The summed E-state index contributed by atoms with van der Waals surface area (Å²) >= 11 is 11.9. The lowest BCUT2D eigenvalue weighted by Gasteiger charge is -2.17. The largest absolute Gasteiger partial charge is 0.497 e. The van der Waals surface area contributed by atoms with Gasteiger partial charge in [-0.3, -0.25) is 0 Å². The van der Waals surface area contributed by atoms with E-state index in [0.717, 1.165) is 18.6 Å². The van der Waals surface area contributed by atoms with Gasteiger partial charge in [0.25, 0.3) is 0 Å². The normalized spacial score (nSPS) is 14.8. The monoisotopic (exact) mass is 364 g/mol. The van der Waals surface area contributed by atoms with Crippen molar-refractivity contribution in [3.05, 3.63) is 58.1 Å². The molecule has 0 saturated heterocycles. The fraction of sp³-hybridized carbons (Fsp3) is 0.278. The second-order valence-electron chi connectivity index (χ2n) is 5.97. The zero-order valence-electron chi connectivity index (χ0n) is 13.2. The molecule has 0 atom stereocenters. The van der Waals surface area contributed by atoms with Crippen LogP contribution < -0.4 is 15.4 Å². The Hall–Kier alpha value is -1.91. The molecule has 4 nitrogen and oxygen atoms in total. The molecule has 0 bridgehead atoms. The lowest BCUT2D eigenvalue weighted by molar-refractivity contribution is 0.251. The third-order valence-electron chi connectivity index (χ3n) is 4.26. The molecule has 1 fully saturated rings. The van der Waals surface area contributed by atoms with Gasteiger partial charge in [-0.2, -0.15) is 0 Å². The Balaban J connectivity index is 1.59. The third-order valence-corrected chi connectivity index (χ3v) is 4.70. The molecule has 2 aromatic rings. The molecule has 24 heavy (non-hydrogen) atoms. The summed E-state index contributed by atoms with van der Waals surface area (Å²) in [5.74, 6) is 0.832. The Morgan fingerprint density at radius 1 is 1.12 bits per heavy atom. The standard InChI is InChI=1S/C18H18Cl2N2O2/c1-24-16-4-2-12(3-5-16)18(6-7-18)11-21-17(23)22-15-9-13(19)8-14(20)10-15/h2-5,8-10H,6-7,11H2,1H3,(H2,21,22,23). The summed E-state index contributed by atoms with van der Waals surface area (Å²) in [4.78, 5) is 12.1. The fourth-order valence-corrected chi connectivity index (χ4v) is 3.24. The number of ether oxygens (including phenoxy) is 1. The van der Waals surface area contributed by atoms with E-state index >= 15 is 0 Å². The van der Waals surface area contributed by atoms with Crippen molar-refractivity contribution in [1.29, 1.82) is 0 Å². The minimum absolute atomic E-state index is 0.0234. The highest BCUT2D eigenvalue weighted by Crippen LogP contribution is 2.47. The molecule has 1 saturated carbocycles. The highest BCUT2D eigenvalue weighted by atomic mass is 35.5. The first-order valence-electron chi connectivity index (χ1n) is 7.66. The van der Waals surface area contributed by atoms with E-state index < -0.39 is 0 Å². The van der Waals surface area contributed by atoms with Crippen LogP contribution in [-0.2, 0) is 5.41 Å². The second kappa shape index (κ2) is 6.91. The van der Waals surface area contributed by atoms with Crippen LogP contribution in [0.5, 0.6) is 5.75 Å². The van der Waals surface area contributed by atoms with Gasteiger partial charge in [0.1, 0.15) is 5.75 Å². The van der Waals surface area contributed by atoms with E-state index in [1.807, 2.05) is 12.1 Å². The van der Waals surface area contributed by atoms with E-state index in [-0.39, 0.29) is 11.4 Å². The number of urea groups is 1. The molecule has 126 valence electrons. The summed E-state index contributed by atoms with van der Waals surface area (Å²) in [5, 5.41) is 6.65. The second-order valence-corrected chi connectivity index (χ2v) is 6.85. The molecule has 6 heteroatoms. The first-order valence-corrected chi connectivity index (χ1v) is 8.42. The van der Waals surface area contributed by atoms with E-state index in [0.29, 0.717) is 22.3 Å². The van der Waals surface area contributed by atoms with Crippen molar-refractivity contribution in [3.63, 3.8) is 0 Å². The van der Waals surface area contributed by atoms with Crippen molar-refractivity contribution < 1.29 is 9.53 Å². The van der Waals surface area contributed by atoms with Crippen LogP contribution in [0.15, 0.2) is 42.5 Å². The number of benzene rings is 2. The minimum atomic E-state index is -0.270. The molecule has 3 rings (SSSR count). The van der Waals surface area contributed by atoms with Crippen LogP contribution in [0, 0.1) is 0 Å². The van der Waals surface area contributed by atoms with Gasteiger partial charge in [0.2, 0.25) is 0 Å². The Kier molecular flexibility index (Phi) is 4.88. The van der Waals surface area contributed by atoms with Gasteiger partial charge in [-0.05, 0) is 48.7 Å². The predicted molar refractivity (Wildman–Crippen MR) is 97.4 cm³/mol. The Bertz CT molecular complexity index is 723. The molecule has 0 spiro atoms. The van der Waals surface area contributed by atoms with Gasteiger partial charge in [0.05, 0.1) is 7.11 Å². The number of carbonyl (C=O) groups is 1. The van der Waals surface area contributed by atoms with Crippen LogP contribution in [0.4, 0.5) is 10.5 Å². The van der Waals surface area contributed by atoms with Gasteiger partial charge in [-0.15, -0.1) is 0 Å². The average Bonchev–Trinajstić information content (AvgIpc) is 3.33. The molecule has 2 amide bonds. The lowest BCUT2D eigenvalue weighted by Crippen LogP contribution is -2.35. The van der Waals surface area contributed by atoms with Crippen LogP contribution in [0.25, 0.3) is 0 Å². The summed E-state index contributed by atoms with van der Waals surface area (Å²) in [7, 11) is 1.65. The number of hydrogen-bond donors (Lipinski definition) is 2. The zero-order chi connectivity index (χ0) is 17.2. The number of methoxy groups -OCH3 is 1. The summed E-state index contributed by atoms with van der Waals surface area (Å²) in [6.07, 6.45) is 2.12. The number of amides is 2. The third kappa shape index (κ3) is 3.94. The number of halogens is 2. The maximum absolute atomic E-state index is 12.1. The van der Waals surface area contributed by atoms with Gasteiger partial charge in [-0.1, -0.05) is 35.3 Å². The van der Waals surface area contributed by atoms with Crippen molar-refractivity contribution in [3.8, 4) is 5.75 Å². The van der Waals surface area contributed by atoms with Gasteiger partial charge in [0, 0.05) is 27.7 Å². The maximum atomic E-state index is 12.1. The smallest absolute Gasteiger partial charge is 0.319 e. The van der Waals surface area contributed by atoms with Crippen molar-refractivity contribution in [2.24, 2.45) is 0 Å². The van der Waals surface area contributed by atoms with E-state index in [1.54, 1.807) is 25.3 Å². The van der Waals surface area contributed by atoms with Crippen LogP contribution in [0.1, 0.15) is 18.4 Å². The molecule has 0 unspecified atom stereocenters. The highest BCUT2D eigenvalue weighted by molar-refractivity contribution is 6.35. The van der Waals surface area contributed by atoms with Crippen molar-refractivity contribution in [2.45, 2.75) is 18.3 Å². The van der Waals surface area contributed by atoms with Crippen molar-refractivity contribution in [2.75, 3.05) is 19.0 Å². The fourth-order valence-electron chi connectivity index (χ4n) is 2.71. The first-order chi connectivity index (χ1) is 11.5. The molecule has 1 aliphatic rings. The maximum Gasteiger partial charge on any atom is 0.319 e. The van der Waals surface area contributed by atoms with E-state index in [4.69, 9.17) is 27.9 Å². The van der Waals surface area contributed by atoms with Crippen LogP contribution in [-0.4, -0.2) is 19.7 Å². The molecular weight excluding hydrogens is 347 g/mol. The highest BCUT2D eigenvalue weighted by Gasteiger charge is 2.44. The minimum Gasteiger partial charge on any atom is -0.497 e. The van der Waals surface area contributed by atoms with Crippen molar-refractivity contribution >= 4 is 34.9 Å². The number of nitrogens with one attached hydrogen (secondary N) is 2. The van der Waals surface area contributed by atoms with Gasteiger partial charge in [0.15, 0.2) is 0 Å². The average molecular weight is 365 g/mol. The van der Waals surface area contributed by atoms with Crippen LogP contribution in [0.3, 0.4) is 0 Å². The van der Waals surface area contributed by atoms with Crippen LogP contribution >= 0.6 is 23.2 Å². The first kappa shape index (κ1) is 16.9. The predicted octanol–water partition coefficient (Wildman–Crippen LogP) is 4.86. The molecule has 1 aliphatic carbocycles. The Labute approximate surface area is 151 Å². The summed E-state index contributed by atoms with van der Waals surface area (Å²) in [6.45, 7) is 0.583. The van der Waals surface area contributed by atoms with Gasteiger partial charge < -0.3 is 15.4 Å². The van der Waals surface area contributed by atoms with Crippen LogP contribution in [0.2, 0.25) is 10.0 Å². The van der Waals surface area contributed by atoms with E-state index in [2.05, 4.69) is 22.8 Å². The lowest BCUT2D eigenvalue weighted by atomic mass is 9.96. The molecule has 0 heterocycles. The molecule has 0 radical (unpaired) electrons. The number of carbonyl (C=O) groups excluding carboxylic acids is 1. The number of anilines is 1. The molecule has 2 aromatic carbocycles. The SMILES string of the molecule is COc1ccc(C2(CNC(=O)Nc3cc(Cl)cc(Cl)c3)CC2)cc1. The number of rotatable bonds is 5. The van der Waals surface area contributed by atoms with Gasteiger partial charge >= 0.3 is 6.03 Å². The zero-order valence-corrected chi connectivity index (χ0v) is 14.7. The number of hydrogen-bond acceptors (Lipinski definition) is 2. The molecule has 2 N–H and O–H groups in total. The summed E-state index contributed by atoms with van der Waals surface area (Å²) < 4.78 is 5.18. The van der Waals surface area contributed by atoms with E-state index in [1.165, 1.54) is 5.56 Å². The topological polar surface area (TPSA) is 50.4 Å². The Morgan fingerprint density at radius 2 is 1.75 bits per heavy atom. The quantitative estimate of drug-likeness (QED) is 0.795. The van der Waals surface area contributed by atoms with E-state index in [9.17, 15) is 4.79 Å². The molecule has 0 aromatic heterocycles. The Morgan fingerprint density at radius 3 is 2.29 bits per heavy atom. The summed E-state index contributed by atoms with van der Waals surface area (Å²) in [6, 6.07) is 12.7. The molecular formula is C18H18Cl2N2O2. The molecule has 0 aliphatic heterocycles. The van der Waals surface area contributed by atoms with Crippen molar-refractivity contribution in [1.82, 2.24) is 5.32 Å². The summed E-state index contributed by atoms with van der Waals surface area (Å²) in [5.41, 5.74) is 1.81.